The molecule has 1 aliphatic rings. The second kappa shape index (κ2) is 8.49. The molecule has 7 nitrogen and oxygen atoms in total. The molecule has 0 radical (unpaired) electrons. The van der Waals surface area contributed by atoms with Crippen LogP contribution in [0.1, 0.15) is 38.5 Å². The summed E-state index contributed by atoms with van der Waals surface area (Å²) in [6, 6.07) is -1.50. The minimum absolute atomic E-state index is 0.0189. The average Bonchev–Trinajstić information content (AvgIpc) is 2.95. The standard InChI is InChI=1S/C14H24N2O5/c1-16(9-10-5-3-4-6-10)14(20)15-11(13(18)19)7-8-12(17)21-2/h10-11H,3-9H2,1-2H3,(H,15,20)(H,18,19)/t11-/m0/s1. The number of carbonyl (C=O) groups excluding carboxylic acids is 2. The Morgan fingerprint density at radius 3 is 2.48 bits per heavy atom. The first-order valence-electron chi connectivity index (χ1n) is 7.25. The van der Waals surface area contributed by atoms with Gasteiger partial charge < -0.3 is 20.1 Å². The van der Waals surface area contributed by atoms with E-state index in [4.69, 9.17) is 5.11 Å². The third-order valence-corrected chi connectivity index (χ3v) is 3.81. The SMILES string of the molecule is COC(=O)CC[C@H](NC(=O)N(C)CC1CCCC1)C(=O)O. The van der Waals surface area contributed by atoms with Crippen molar-refractivity contribution >= 4 is 18.0 Å². The summed E-state index contributed by atoms with van der Waals surface area (Å²) in [5, 5.41) is 11.5. The van der Waals surface area contributed by atoms with Crippen LogP contribution in [0.15, 0.2) is 0 Å². The Balaban J connectivity index is 2.43. The molecule has 1 aliphatic carbocycles. The van der Waals surface area contributed by atoms with E-state index in [0.717, 1.165) is 12.8 Å². The number of aliphatic carboxylic acids is 1. The molecule has 1 fully saturated rings. The number of carboxylic acids is 1. The minimum Gasteiger partial charge on any atom is -0.480 e. The second-order valence-electron chi connectivity index (χ2n) is 5.49. The Morgan fingerprint density at radius 2 is 1.95 bits per heavy atom. The number of nitrogens with zero attached hydrogens (tertiary/aromatic N) is 1. The highest BCUT2D eigenvalue weighted by Crippen LogP contribution is 2.25. The zero-order valence-electron chi connectivity index (χ0n) is 12.6. The summed E-state index contributed by atoms with van der Waals surface area (Å²) in [5.74, 6) is -1.14. The van der Waals surface area contributed by atoms with Gasteiger partial charge in [0.1, 0.15) is 6.04 Å². The second-order valence-corrected chi connectivity index (χ2v) is 5.49. The molecule has 7 heteroatoms. The van der Waals surface area contributed by atoms with Crippen molar-refractivity contribution in [2.24, 2.45) is 5.92 Å². The minimum atomic E-state index is -1.15. The molecule has 1 rings (SSSR count). The first kappa shape index (κ1) is 17.3. The van der Waals surface area contributed by atoms with Crippen LogP contribution in [0, 0.1) is 5.92 Å². The molecule has 1 saturated carbocycles. The van der Waals surface area contributed by atoms with Crippen LogP contribution in [0.5, 0.6) is 0 Å². The van der Waals surface area contributed by atoms with E-state index in [2.05, 4.69) is 10.1 Å². The average molecular weight is 300 g/mol. The van der Waals surface area contributed by atoms with Crippen LogP contribution >= 0.6 is 0 Å². The maximum absolute atomic E-state index is 12.0. The number of rotatable bonds is 7. The van der Waals surface area contributed by atoms with Crippen LogP contribution in [0.2, 0.25) is 0 Å². The summed E-state index contributed by atoms with van der Waals surface area (Å²) in [4.78, 5) is 35.7. The molecule has 21 heavy (non-hydrogen) atoms. The third kappa shape index (κ3) is 6.01. The summed E-state index contributed by atoms with van der Waals surface area (Å²) in [6.07, 6.45) is 4.59. The molecule has 0 heterocycles. The number of urea groups is 1. The largest absolute Gasteiger partial charge is 0.480 e. The molecular weight excluding hydrogens is 276 g/mol. The molecule has 1 atom stereocenters. The molecule has 0 aromatic rings. The van der Waals surface area contributed by atoms with Crippen molar-refractivity contribution in [1.29, 1.82) is 0 Å². The normalized spacial score (nSPS) is 16.3. The number of carboxylic acid groups (broad SMARTS) is 1. The van der Waals surface area contributed by atoms with E-state index < -0.39 is 24.0 Å². The van der Waals surface area contributed by atoms with E-state index in [0.29, 0.717) is 12.5 Å². The number of methoxy groups -OCH3 is 1. The molecule has 2 amide bonds. The lowest BCUT2D eigenvalue weighted by Crippen LogP contribution is -2.47. The van der Waals surface area contributed by atoms with E-state index in [1.54, 1.807) is 7.05 Å². The summed E-state index contributed by atoms with van der Waals surface area (Å²) in [5.41, 5.74) is 0. The van der Waals surface area contributed by atoms with Crippen molar-refractivity contribution in [1.82, 2.24) is 10.2 Å². The first-order chi connectivity index (χ1) is 9.93. The van der Waals surface area contributed by atoms with Crippen molar-refractivity contribution < 1.29 is 24.2 Å². The lowest BCUT2D eigenvalue weighted by Gasteiger charge is -2.23. The van der Waals surface area contributed by atoms with Gasteiger partial charge in [-0.25, -0.2) is 9.59 Å². The number of hydrogen-bond donors (Lipinski definition) is 2. The van der Waals surface area contributed by atoms with Gasteiger partial charge >= 0.3 is 18.0 Å². The quantitative estimate of drug-likeness (QED) is 0.689. The number of carbonyl (C=O) groups is 3. The summed E-state index contributed by atoms with van der Waals surface area (Å²) in [7, 11) is 2.90. The van der Waals surface area contributed by atoms with E-state index in [1.807, 2.05) is 0 Å². The van der Waals surface area contributed by atoms with Crippen molar-refractivity contribution in [3.63, 3.8) is 0 Å². The fourth-order valence-electron chi connectivity index (χ4n) is 2.54. The van der Waals surface area contributed by atoms with Gasteiger partial charge in [-0.15, -0.1) is 0 Å². The number of nitrogens with one attached hydrogen (secondary N) is 1. The van der Waals surface area contributed by atoms with Crippen LogP contribution in [-0.2, 0) is 14.3 Å². The zero-order chi connectivity index (χ0) is 15.8. The molecule has 0 aromatic heterocycles. The lowest BCUT2D eigenvalue weighted by atomic mass is 10.1. The summed E-state index contributed by atoms with van der Waals surface area (Å²) in [6.45, 7) is 0.634. The van der Waals surface area contributed by atoms with E-state index >= 15 is 0 Å². The molecule has 0 spiro atoms. The van der Waals surface area contributed by atoms with Gasteiger partial charge in [-0.3, -0.25) is 4.79 Å². The molecule has 0 bridgehead atoms. The van der Waals surface area contributed by atoms with E-state index in [1.165, 1.54) is 24.9 Å². The van der Waals surface area contributed by atoms with Gasteiger partial charge in [-0.2, -0.15) is 0 Å². The highest BCUT2D eigenvalue weighted by molar-refractivity contribution is 5.83. The molecule has 2 N–H and O–H groups in total. The molecule has 0 unspecified atom stereocenters. The third-order valence-electron chi connectivity index (χ3n) is 3.81. The Labute approximate surface area is 124 Å². The number of hydrogen-bond acceptors (Lipinski definition) is 4. The van der Waals surface area contributed by atoms with E-state index in [9.17, 15) is 14.4 Å². The maximum Gasteiger partial charge on any atom is 0.326 e. The van der Waals surface area contributed by atoms with Crippen LogP contribution in [0.4, 0.5) is 4.79 Å². The topological polar surface area (TPSA) is 95.9 Å². The van der Waals surface area contributed by atoms with Gasteiger partial charge in [0, 0.05) is 20.0 Å². The molecule has 0 aliphatic heterocycles. The maximum atomic E-state index is 12.0. The fourth-order valence-corrected chi connectivity index (χ4v) is 2.54. The highest BCUT2D eigenvalue weighted by atomic mass is 16.5. The van der Waals surface area contributed by atoms with Gasteiger partial charge in [0.2, 0.25) is 0 Å². The van der Waals surface area contributed by atoms with Crippen molar-refractivity contribution in [2.45, 2.75) is 44.6 Å². The molecular formula is C14H24N2O5. The monoisotopic (exact) mass is 300 g/mol. The molecule has 120 valence electrons. The van der Waals surface area contributed by atoms with E-state index in [-0.39, 0.29) is 12.8 Å². The highest BCUT2D eigenvalue weighted by Gasteiger charge is 2.24. The van der Waals surface area contributed by atoms with Crippen molar-refractivity contribution in [2.75, 3.05) is 20.7 Å². The van der Waals surface area contributed by atoms with Crippen LogP contribution < -0.4 is 5.32 Å². The van der Waals surface area contributed by atoms with Crippen LogP contribution in [0.25, 0.3) is 0 Å². The molecule has 0 aromatic carbocycles. The lowest BCUT2D eigenvalue weighted by molar-refractivity contribution is -0.142. The van der Waals surface area contributed by atoms with Gasteiger partial charge in [-0.1, -0.05) is 12.8 Å². The summed E-state index contributed by atoms with van der Waals surface area (Å²) >= 11 is 0. The number of esters is 1. The molecule has 0 saturated heterocycles. The Kier molecular flexibility index (Phi) is 6.98. The smallest absolute Gasteiger partial charge is 0.326 e. The number of ether oxygens (including phenoxy) is 1. The van der Waals surface area contributed by atoms with Gasteiger partial charge in [0.25, 0.3) is 0 Å². The van der Waals surface area contributed by atoms with Gasteiger partial charge in [0.05, 0.1) is 7.11 Å². The van der Waals surface area contributed by atoms with Gasteiger partial charge in [-0.05, 0) is 25.2 Å². The first-order valence-corrected chi connectivity index (χ1v) is 7.25. The predicted molar refractivity (Wildman–Crippen MR) is 75.8 cm³/mol. The Hall–Kier alpha value is -1.79. The number of amides is 2. The zero-order valence-corrected chi connectivity index (χ0v) is 12.6. The van der Waals surface area contributed by atoms with Crippen molar-refractivity contribution in [3.8, 4) is 0 Å². The fraction of sp³-hybridized carbons (Fsp3) is 0.786. The Morgan fingerprint density at radius 1 is 1.33 bits per heavy atom. The Bertz CT molecular complexity index is 380. The van der Waals surface area contributed by atoms with Crippen LogP contribution in [0.3, 0.4) is 0 Å². The van der Waals surface area contributed by atoms with Crippen LogP contribution in [-0.4, -0.2) is 54.7 Å². The van der Waals surface area contributed by atoms with Gasteiger partial charge in [0.15, 0.2) is 0 Å². The summed E-state index contributed by atoms with van der Waals surface area (Å²) < 4.78 is 4.47. The predicted octanol–water partition coefficient (Wildman–Crippen LogP) is 1.22. The van der Waals surface area contributed by atoms with Crippen molar-refractivity contribution in [3.05, 3.63) is 0 Å².